The number of hydrogen-bond donors (Lipinski definition) is 2. The molecule has 1 aromatic carbocycles. The molecule has 0 saturated carbocycles. The van der Waals surface area contributed by atoms with Gasteiger partial charge in [0.25, 0.3) is 5.91 Å². The number of aromatic nitrogens is 2. The van der Waals surface area contributed by atoms with Crippen LogP contribution in [0.1, 0.15) is 29.9 Å². The Labute approximate surface area is 132 Å². The SMILES string of the molecule is CCNc1cncc(C(=O)Nc2ccc(Br)cc2CC)n1. The molecule has 0 spiro atoms. The number of halogens is 1. The Morgan fingerprint density at radius 3 is 2.81 bits per heavy atom. The quantitative estimate of drug-likeness (QED) is 0.867. The highest BCUT2D eigenvalue weighted by atomic mass is 79.9. The second kappa shape index (κ2) is 7.17. The van der Waals surface area contributed by atoms with Crippen LogP contribution in [0, 0.1) is 0 Å². The van der Waals surface area contributed by atoms with Crippen LogP contribution in [-0.2, 0) is 6.42 Å². The summed E-state index contributed by atoms with van der Waals surface area (Å²) in [6, 6.07) is 5.77. The molecule has 0 unspecified atom stereocenters. The highest BCUT2D eigenvalue weighted by molar-refractivity contribution is 9.10. The minimum Gasteiger partial charge on any atom is -0.369 e. The van der Waals surface area contributed by atoms with E-state index in [9.17, 15) is 4.79 Å². The molecule has 110 valence electrons. The zero-order valence-electron chi connectivity index (χ0n) is 12.0. The second-order valence-corrected chi connectivity index (χ2v) is 5.34. The van der Waals surface area contributed by atoms with Gasteiger partial charge in [-0.15, -0.1) is 0 Å². The van der Waals surface area contributed by atoms with Crippen LogP contribution < -0.4 is 10.6 Å². The van der Waals surface area contributed by atoms with Gasteiger partial charge in [0.05, 0.1) is 12.4 Å². The summed E-state index contributed by atoms with van der Waals surface area (Å²) in [5.41, 5.74) is 2.15. The molecule has 0 fully saturated rings. The lowest BCUT2D eigenvalue weighted by atomic mass is 10.1. The van der Waals surface area contributed by atoms with Crippen molar-refractivity contribution in [1.29, 1.82) is 0 Å². The van der Waals surface area contributed by atoms with Gasteiger partial charge >= 0.3 is 0 Å². The smallest absolute Gasteiger partial charge is 0.275 e. The third-order valence-corrected chi connectivity index (χ3v) is 3.41. The fourth-order valence-electron chi connectivity index (χ4n) is 1.90. The second-order valence-electron chi connectivity index (χ2n) is 4.43. The van der Waals surface area contributed by atoms with E-state index in [-0.39, 0.29) is 5.91 Å². The molecule has 1 amide bonds. The molecule has 0 bridgehead atoms. The molecular weight excluding hydrogens is 332 g/mol. The summed E-state index contributed by atoms with van der Waals surface area (Å²) in [5.74, 6) is 0.330. The van der Waals surface area contributed by atoms with Crippen LogP contribution in [0.3, 0.4) is 0 Å². The highest BCUT2D eigenvalue weighted by Crippen LogP contribution is 2.22. The van der Waals surface area contributed by atoms with Gasteiger partial charge in [-0.1, -0.05) is 22.9 Å². The van der Waals surface area contributed by atoms with Crippen LogP contribution in [0.4, 0.5) is 11.5 Å². The molecule has 0 radical (unpaired) electrons. The molecule has 1 aromatic heterocycles. The number of nitrogens with one attached hydrogen (secondary N) is 2. The Balaban J connectivity index is 2.20. The summed E-state index contributed by atoms with van der Waals surface area (Å²) in [7, 11) is 0. The molecule has 0 aliphatic heterocycles. The summed E-state index contributed by atoms with van der Waals surface area (Å²) in [6.45, 7) is 4.74. The Hall–Kier alpha value is -1.95. The van der Waals surface area contributed by atoms with Crippen LogP contribution in [0.15, 0.2) is 35.1 Å². The molecule has 6 heteroatoms. The molecule has 5 nitrogen and oxygen atoms in total. The van der Waals surface area contributed by atoms with Gasteiger partial charge in [0.15, 0.2) is 0 Å². The standard InChI is InChI=1S/C15H17BrN4O/c1-3-10-7-11(16)5-6-12(10)20-15(21)13-8-17-9-14(19-13)18-4-2/h5-9H,3-4H2,1-2H3,(H,18,19)(H,20,21). The summed E-state index contributed by atoms with van der Waals surface area (Å²) in [6.07, 6.45) is 3.89. The van der Waals surface area contributed by atoms with Gasteiger partial charge in [0.2, 0.25) is 0 Å². The van der Waals surface area contributed by atoms with Crippen molar-refractivity contribution in [2.24, 2.45) is 0 Å². The Morgan fingerprint density at radius 1 is 1.29 bits per heavy atom. The van der Waals surface area contributed by atoms with Crippen molar-refractivity contribution in [2.75, 3.05) is 17.2 Å². The average Bonchev–Trinajstić information content (AvgIpc) is 2.49. The maximum atomic E-state index is 12.3. The van der Waals surface area contributed by atoms with Gasteiger partial charge in [0.1, 0.15) is 11.5 Å². The first-order valence-electron chi connectivity index (χ1n) is 6.79. The van der Waals surface area contributed by atoms with Gasteiger partial charge in [-0.25, -0.2) is 4.98 Å². The maximum absolute atomic E-state index is 12.3. The summed E-state index contributed by atoms with van der Waals surface area (Å²) < 4.78 is 0.992. The van der Waals surface area contributed by atoms with Gasteiger partial charge in [-0.2, -0.15) is 0 Å². The number of amides is 1. The van der Waals surface area contributed by atoms with Crippen LogP contribution in [0.5, 0.6) is 0 Å². The van der Waals surface area contributed by atoms with Crippen molar-refractivity contribution < 1.29 is 4.79 Å². The van der Waals surface area contributed by atoms with Crippen LogP contribution >= 0.6 is 15.9 Å². The summed E-state index contributed by atoms with van der Waals surface area (Å²) in [4.78, 5) is 20.5. The molecule has 2 rings (SSSR count). The number of anilines is 2. The fraction of sp³-hybridized carbons (Fsp3) is 0.267. The Kier molecular flexibility index (Phi) is 5.27. The number of carbonyl (C=O) groups is 1. The topological polar surface area (TPSA) is 66.9 Å². The third kappa shape index (κ3) is 4.01. The zero-order chi connectivity index (χ0) is 15.2. The van der Waals surface area contributed by atoms with Gasteiger partial charge in [-0.3, -0.25) is 9.78 Å². The Bertz CT molecular complexity index is 645. The van der Waals surface area contributed by atoms with Gasteiger partial charge in [-0.05, 0) is 37.1 Å². The Morgan fingerprint density at radius 2 is 2.10 bits per heavy atom. The predicted octanol–water partition coefficient (Wildman–Crippen LogP) is 3.49. The number of aryl methyl sites for hydroxylation is 1. The van der Waals surface area contributed by atoms with Crippen molar-refractivity contribution in [3.05, 3.63) is 46.3 Å². The normalized spacial score (nSPS) is 10.2. The first-order chi connectivity index (χ1) is 10.1. The van der Waals surface area contributed by atoms with Crippen molar-refractivity contribution in [3.8, 4) is 0 Å². The molecule has 2 N–H and O–H groups in total. The van der Waals surface area contributed by atoms with E-state index in [0.29, 0.717) is 11.5 Å². The zero-order valence-corrected chi connectivity index (χ0v) is 13.6. The first-order valence-corrected chi connectivity index (χ1v) is 7.59. The molecule has 0 atom stereocenters. The fourth-order valence-corrected chi connectivity index (χ4v) is 2.31. The molecule has 0 saturated heterocycles. The van der Waals surface area contributed by atoms with E-state index < -0.39 is 0 Å². The van der Waals surface area contributed by atoms with Gasteiger partial charge < -0.3 is 10.6 Å². The molecule has 0 aliphatic carbocycles. The predicted molar refractivity (Wildman–Crippen MR) is 87.7 cm³/mol. The van der Waals surface area contributed by atoms with Crippen LogP contribution in [0.2, 0.25) is 0 Å². The van der Waals surface area contributed by atoms with Crippen LogP contribution in [-0.4, -0.2) is 22.4 Å². The van der Waals surface area contributed by atoms with E-state index in [2.05, 4.69) is 36.5 Å². The highest BCUT2D eigenvalue weighted by Gasteiger charge is 2.11. The number of nitrogens with zero attached hydrogens (tertiary/aromatic N) is 2. The maximum Gasteiger partial charge on any atom is 0.275 e. The summed E-state index contributed by atoms with van der Waals surface area (Å²) >= 11 is 3.43. The van der Waals surface area contributed by atoms with Crippen molar-refractivity contribution in [3.63, 3.8) is 0 Å². The largest absolute Gasteiger partial charge is 0.369 e. The molecular formula is C15H17BrN4O. The number of rotatable bonds is 5. The minimum absolute atomic E-state index is 0.265. The number of benzene rings is 1. The molecule has 21 heavy (non-hydrogen) atoms. The molecule has 1 heterocycles. The lowest BCUT2D eigenvalue weighted by Gasteiger charge is -2.10. The van der Waals surface area contributed by atoms with Crippen molar-refractivity contribution >= 4 is 33.3 Å². The monoisotopic (exact) mass is 348 g/mol. The number of hydrogen-bond acceptors (Lipinski definition) is 4. The summed E-state index contributed by atoms with van der Waals surface area (Å²) in [5, 5.41) is 5.92. The number of carbonyl (C=O) groups excluding carboxylic acids is 1. The van der Waals surface area contributed by atoms with E-state index >= 15 is 0 Å². The third-order valence-electron chi connectivity index (χ3n) is 2.92. The van der Waals surface area contributed by atoms with E-state index in [1.807, 2.05) is 32.0 Å². The van der Waals surface area contributed by atoms with E-state index in [0.717, 1.165) is 28.7 Å². The first kappa shape index (κ1) is 15.4. The van der Waals surface area contributed by atoms with Crippen molar-refractivity contribution in [2.45, 2.75) is 20.3 Å². The lowest BCUT2D eigenvalue weighted by Crippen LogP contribution is -2.16. The molecule has 2 aromatic rings. The van der Waals surface area contributed by atoms with Crippen molar-refractivity contribution in [1.82, 2.24) is 9.97 Å². The van der Waals surface area contributed by atoms with E-state index in [4.69, 9.17) is 0 Å². The lowest BCUT2D eigenvalue weighted by molar-refractivity contribution is 0.102. The molecule has 0 aliphatic rings. The van der Waals surface area contributed by atoms with E-state index in [1.165, 1.54) is 6.20 Å². The van der Waals surface area contributed by atoms with Crippen LogP contribution in [0.25, 0.3) is 0 Å². The van der Waals surface area contributed by atoms with Gasteiger partial charge in [0, 0.05) is 16.7 Å². The van der Waals surface area contributed by atoms with E-state index in [1.54, 1.807) is 6.20 Å². The average molecular weight is 349 g/mol. The minimum atomic E-state index is -0.265.